The van der Waals surface area contributed by atoms with Crippen LogP contribution in [0.4, 0.5) is 0 Å². The Balaban J connectivity index is 1.47. The first-order valence-corrected chi connectivity index (χ1v) is 7.42. The van der Waals surface area contributed by atoms with E-state index in [9.17, 15) is 4.79 Å². The topological polar surface area (TPSA) is 55.1 Å². The number of nitrogens with one attached hydrogen (secondary N) is 1. The summed E-state index contributed by atoms with van der Waals surface area (Å²) in [6, 6.07) is 18.1. The van der Waals surface area contributed by atoms with Crippen molar-refractivity contribution >= 4 is 5.91 Å². The van der Waals surface area contributed by atoms with Crippen LogP contribution in [-0.2, 0) is 11.2 Å². The van der Waals surface area contributed by atoms with Gasteiger partial charge in [-0.3, -0.25) is 4.79 Å². The first-order valence-electron chi connectivity index (χ1n) is 7.42. The number of carbonyl (C=O) groups is 1. The van der Waals surface area contributed by atoms with E-state index in [0.717, 1.165) is 18.4 Å². The van der Waals surface area contributed by atoms with Gasteiger partial charge in [0.15, 0.2) is 0 Å². The van der Waals surface area contributed by atoms with Gasteiger partial charge in [-0.1, -0.05) is 54.6 Å². The molecule has 0 heterocycles. The summed E-state index contributed by atoms with van der Waals surface area (Å²) < 4.78 is 0. The van der Waals surface area contributed by atoms with E-state index in [4.69, 9.17) is 5.73 Å². The molecule has 2 aromatic rings. The molecule has 2 atom stereocenters. The van der Waals surface area contributed by atoms with Gasteiger partial charge in [-0.05, 0) is 29.5 Å². The standard InChI is InChI=1S/C18H20N2O/c19-17(13-6-2-1-3-7-13)10-11-20-18(21)16-12-14-8-4-5-9-15(14)16/h1-9,16-17H,10-12,19H2,(H,20,21). The second-order valence-electron chi connectivity index (χ2n) is 5.55. The van der Waals surface area contributed by atoms with Crippen LogP contribution < -0.4 is 11.1 Å². The number of fused-ring (bicyclic) bond motifs is 1. The third kappa shape index (κ3) is 2.98. The molecule has 1 aliphatic carbocycles. The van der Waals surface area contributed by atoms with Crippen LogP contribution >= 0.6 is 0 Å². The van der Waals surface area contributed by atoms with Gasteiger partial charge in [-0.25, -0.2) is 0 Å². The Morgan fingerprint density at radius 2 is 1.86 bits per heavy atom. The number of amides is 1. The molecule has 108 valence electrons. The third-order valence-corrected chi connectivity index (χ3v) is 4.15. The lowest BCUT2D eigenvalue weighted by atomic mass is 9.77. The number of hydrogen-bond donors (Lipinski definition) is 2. The molecule has 21 heavy (non-hydrogen) atoms. The summed E-state index contributed by atoms with van der Waals surface area (Å²) in [4.78, 5) is 12.2. The quantitative estimate of drug-likeness (QED) is 0.884. The predicted octanol–water partition coefficient (Wildman–Crippen LogP) is 2.53. The van der Waals surface area contributed by atoms with Gasteiger partial charge in [0.1, 0.15) is 0 Å². The number of nitrogens with two attached hydrogens (primary N) is 1. The van der Waals surface area contributed by atoms with E-state index < -0.39 is 0 Å². The molecule has 2 unspecified atom stereocenters. The summed E-state index contributed by atoms with van der Waals surface area (Å²) in [7, 11) is 0. The van der Waals surface area contributed by atoms with Crippen LogP contribution in [0.25, 0.3) is 0 Å². The van der Waals surface area contributed by atoms with E-state index in [1.54, 1.807) is 0 Å². The summed E-state index contributed by atoms with van der Waals surface area (Å²) in [6.45, 7) is 0.619. The SMILES string of the molecule is NC(CCNC(=O)C1Cc2ccccc21)c1ccccc1. The fourth-order valence-electron chi connectivity index (χ4n) is 2.83. The zero-order valence-corrected chi connectivity index (χ0v) is 12.0. The molecule has 0 aromatic heterocycles. The van der Waals surface area contributed by atoms with Gasteiger partial charge in [0, 0.05) is 12.6 Å². The van der Waals surface area contributed by atoms with Crippen LogP contribution in [0, 0.1) is 0 Å². The van der Waals surface area contributed by atoms with Gasteiger partial charge < -0.3 is 11.1 Å². The second kappa shape index (κ2) is 6.10. The van der Waals surface area contributed by atoms with Crippen molar-refractivity contribution in [3.05, 3.63) is 71.3 Å². The fraction of sp³-hybridized carbons (Fsp3) is 0.278. The van der Waals surface area contributed by atoms with Crippen molar-refractivity contribution in [2.75, 3.05) is 6.54 Å². The molecule has 2 aromatic carbocycles. The predicted molar refractivity (Wildman–Crippen MR) is 83.9 cm³/mol. The molecule has 0 aliphatic heterocycles. The molecular formula is C18H20N2O. The number of carbonyl (C=O) groups excluding carboxylic acids is 1. The summed E-state index contributed by atoms with van der Waals surface area (Å²) >= 11 is 0. The molecule has 0 spiro atoms. The maximum Gasteiger partial charge on any atom is 0.227 e. The van der Waals surface area contributed by atoms with Gasteiger partial charge in [0.05, 0.1) is 5.92 Å². The molecule has 3 N–H and O–H groups in total. The zero-order valence-electron chi connectivity index (χ0n) is 12.0. The van der Waals surface area contributed by atoms with Crippen molar-refractivity contribution < 1.29 is 4.79 Å². The average Bonchev–Trinajstić information content (AvgIpc) is 2.49. The minimum atomic E-state index is -0.0276. The van der Waals surface area contributed by atoms with Crippen LogP contribution in [0.15, 0.2) is 54.6 Å². The van der Waals surface area contributed by atoms with Gasteiger partial charge in [0.25, 0.3) is 0 Å². The molecule has 0 bridgehead atoms. The highest BCUT2D eigenvalue weighted by Gasteiger charge is 2.31. The molecule has 0 saturated carbocycles. The van der Waals surface area contributed by atoms with Crippen molar-refractivity contribution in [1.82, 2.24) is 5.32 Å². The van der Waals surface area contributed by atoms with Crippen molar-refractivity contribution in [1.29, 1.82) is 0 Å². The maximum atomic E-state index is 12.2. The Hall–Kier alpha value is -2.13. The molecule has 0 saturated heterocycles. The molecular weight excluding hydrogens is 260 g/mol. The molecule has 1 aliphatic rings. The Bertz CT molecular complexity index is 624. The normalized spacial score (nSPS) is 17.5. The van der Waals surface area contributed by atoms with Crippen molar-refractivity contribution in [2.45, 2.75) is 24.8 Å². The average molecular weight is 280 g/mol. The van der Waals surface area contributed by atoms with Gasteiger partial charge in [0.2, 0.25) is 5.91 Å². The van der Waals surface area contributed by atoms with Crippen molar-refractivity contribution in [2.24, 2.45) is 5.73 Å². The minimum Gasteiger partial charge on any atom is -0.355 e. The summed E-state index contributed by atoms with van der Waals surface area (Å²) in [5.74, 6) is 0.142. The van der Waals surface area contributed by atoms with E-state index in [-0.39, 0.29) is 17.9 Å². The van der Waals surface area contributed by atoms with Crippen LogP contribution in [-0.4, -0.2) is 12.5 Å². The highest BCUT2D eigenvalue weighted by Crippen LogP contribution is 2.34. The van der Waals surface area contributed by atoms with Crippen molar-refractivity contribution in [3.8, 4) is 0 Å². The molecule has 3 heteroatoms. The van der Waals surface area contributed by atoms with E-state index in [1.165, 1.54) is 11.1 Å². The first-order chi connectivity index (χ1) is 10.3. The van der Waals surface area contributed by atoms with Gasteiger partial charge in [-0.15, -0.1) is 0 Å². The van der Waals surface area contributed by atoms with Crippen LogP contribution in [0.2, 0.25) is 0 Å². The third-order valence-electron chi connectivity index (χ3n) is 4.15. The molecule has 0 radical (unpaired) electrons. The highest BCUT2D eigenvalue weighted by atomic mass is 16.1. The van der Waals surface area contributed by atoms with Gasteiger partial charge >= 0.3 is 0 Å². The summed E-state index contributed by atoms with van der Waals surface area (Å²) in [5.41, 5.74) is 9.70. The Morgan fingerprint density at radius 1 is 1.14 bits per heavy atom. The van der Waals surface area contributed by atoms with Crippen LogP contribution in [0.1, 0.15) is 35.1 Å². The smallest absolute Gasteiger partial charge is 0.227 e. The van der Waals surface area contributed by atoms with Crippen LogP contribution in [0.3, 0.4) is 0 Å². The van der Waals surface area contributed by atoms with E-state index in [0.29, 0.717) is 6.54 Å². The molecule has 3 nitrogen and oxygen atoms in total. The summed E-state index contributed by atoms with van der Waals surface area (Å²) in [6.07, 6.45) is 1.61. The molecule has 0 fully saturated rings. The number of benzene rings is 2. The van der Waals surface area contributed by atoms with E-state index in [1.807, 2.05) is 48.5 Å². The van der Waals surface area contributed by atoms with E-state index >= 15 is 0 Å². The maximum absolute atomic E-state index is 12.2. The van der Waals surface area contributed by atoms with Crippen LogP contribution in [0.5, 0.6) is 0 Å². The Labute approximate surface area is 125 Å². The minimum absolute atomic E-state index is 0.0224. The Morgan fingerprint density at radius 3 is 2.62 bits per heavy atom. The molecule has 1 amide bonds. The number of rotatable bonds is 5. The summed E-state index contributed by atoms with van der Waals surface area (Å²) in [5, 5.41) is 3.01. The highest BCUT2D eigenvalue weighted by molar-refractivity contribution is 5.86. The largest absolute Gasteiger partial charge is 0.355 e. The van der Waals surface area contributed by atoms with E-state index in [2.05, 4.69) is 11.4 Å². The first kappa shape index (κ1) is 13.8. The lowest BCUT2D eigenvalue weighted by Crippen LogP contribution is -2.36. The molecule has 3 rings (SSSR count). The lowest BCUT2D eigenvalue weighted by Gasteiger charge is -2.29. The fourth-order valence-corrected chi connectivity index (χ4v) is 2.83. The lowest BCUT2D eigenvalue weighted by molar-refractivity contribution is -0.123. The zero-order chi connectivity index (χ0) is 14.7. The van der Waals surface area contributed by atoms with Gasteiger partial charge in [-0.2, -0.15) is 0 Å². The monoisotopic (exact) mass is 280 g/mol. The Kier molecular flexibility index (Phi) is 4.02. The van der Waals surface area contributed by atoms with Crippen molar-refractivity contribution in [3.63, 3.8) is 0 Å². The number of hydrogen-bond acceptors (Lipinski definition) is 2. The second-order valence-corrected chi connectivity index (χ2v) is 5.55.